The molecule has 0 radical (unpaired) electrons. The van der Waals surface area contributed by atoms with Gasteiger partial charge in [0, 0.05) is 4.57 Å². The summed E-state index contributed by atoms with van der Waals surface area (Å²) in [7, 11) is -2.80. The lowest BCUT2D eigenvalue weighted by Crippen LogP contribution is -2.20. The van der Waals surface area contributed by atoms with Crippen LogP contribution in [0.5, 0.6) is 0 Å². The van der Waals surface area contributed by atoms with E-state index >= 15 is 0 Å². The molecular formula is C5H10O4P+. The molecule has 0 aliphatic rings. The maximum absolute atomic E-state index is 10.7. The van der Waals surface area contributed by atoms with Crippen molar-refractivity contribution < 1.29 is 18.8 Å². The molecule has 1 atom stereocenters. The highest BCUT2D eigenvalue weighted by atomic mass is 31.1. The molecule has 1 unspecified atom stereocenters. The summed E-state index contributed by atoms with van der Waals surface area (Å²) in [6.45, 7) is 4.82. The molecule has 0 fully saturated rings. The first kappa shape index (κ1) is 9.53. The Morgan fingerprint density at radius 3 is 2.00 bits per heavy atom. The van der Waals surface area contributed by atoms with E-state index in [9.17, 15) is 9.36 Å². The van der Waals surface area contributed by atoms with Crippen LogP contribution in [0.2, 0.25) is 0 Å². The van der Waals surface area contributed by atoms with E-state index in [-0.39, 0.29) is 0 Å². The van der Waals surface area contributed by atoms with Gasteiger partial charge in [0.25, 0.3) is 0 Å². The van der Waals surface area contributed by atoms with Gasteiger partial charge >= 0.3 is 14.2 Å². The molecule has 0 aliphatic heterocycles. The Kier molecular flexibility index (Phi) is 2.94. The Morgan fingerprint density at radius 2 is 1.90 bits per heavy atom. The minimum Gasteiger partial charge on any atom is -0.246 e. The third-order valence-corrected chi connectivity index (χ3v) is 1.10. The Balaban J connectivity index is 3.99. The van der Waals surface area contributed by atoms with Gasteiger partial charge in [-0.1, -0.05) is 0 Å². The average Bonchev–Trinajstić information content (AvgIpc) is 1.60. The zero-order valence-corrected chi connectivity index (χ0v) is 7.01. The molecule has 0 aliphatic carbocycles. The van der Waals surface area contributed by atoms with Crippen molar-refractivity contribution >= 4 is 14.2 Å². The van der Waals surface area contributed by atoms with Crippen molar-refractivity contribution in [2.45, 2.75) is 20.8 Å². The SMILES string of the molecule is CC(C)(C)C(=O)O[P+](=O)O. The van der Waals surface area contributed by atoms with Gasteiger partial charge in [-0.05, 0) is 20.8 Å². The summed E-state index contributed by atoms with van der Waals surface area (Å²) in [6, 6.07) is 0. The van der Waals surface area contributed by atoms with Crippen molar-refractivity contribution in [1.82, 2.24) is 0 Å². The fraction of sp³-hybridized carbons (Fsp3) is 0.800. The number of hydrogen-bond donors (Lipinski definition) is 1. The molecule has 1 N–H and O–H groups in total. The molecule has 10 heavy (non-hydrogen) atoms. The summed E-state index contributed by atoms with van der Waals surface area (Å²) in [6.07, 6.45) is 0. The minimum atomic E-state index is -2.80. The van der Waals surface area contributed by atoms with Crippen LogP contribution in [0.1, 0.15) is 20.8 Å². The molecule has 5 heteroatoms. The van der Waals surface area contributed by atoms with Crippen LogP contribution in [0.15, 0.2) is 0 Å². The molecule has 0 bridgehead atoms. The van der Waals surface area contributed by atoms with Gasteiger partial charge in [0.05, 0.1) is 5.41 Å². The molecule has 0 saturated heterocycles. The van der Waals surface area contributed by atoms with E-state index in [0.29, 0.717) is 0 Å². The molecule has 0 saturated carbocycles. The normalized spacial score (nSPS) is 12.6. The van der Waals surface area contributed by atoms with E-state index in [0.717, 1.165) is 0 Å². The highest BCUT2D eigenvalue weighted by Crippen LogP contribution is 2.23. The van der Waals surface area contributed by atoms with Gasteiger partial charge in [-0.3, -0.25) is 0 Å². The Hall–Kier alpha value is -0.470. The summed E-state index contributed by atoms with van der Waals surface area (Å²) in [4.78, 5) is 18.9. The molecule has 0 aromatic rings. The van der Waals surface area contributed by atoms with Crippen molar-refractivity contribution in [3.8, 4) is 0 Å². The summed E-state index contributed by atoms with van der Waals surface area (Å²) in [5.74, 6) is -0.670. The second-order valence-electron chi connectivity index (χ2n) is 2.87. The molecule has 0 amide bonds. The lowest BCUT2D eigenvalue weighted by Gasteiger charge is -2.08. The second kappa shape index (κ2) is 3.08. The van der Waals surface area contributed by atoms with E-state index in [1.807, 2.05) is 0 Å². The first-order valence-electron chi connectivity index (χ1n) is 2.72. The highest BCUT2D eigenvalue weighted by molar-refractivity contribution is 7.32. The van der Waals surface area contributed by atoms with E-state index < -0.39 is 19.6 Å². The average molecular weight is 165 g/mol. The third kappa shape index (κ3) is 3.54. The summed E-state index contributed by atoms with van der Waals surface area (Å²) < 4.78 is 14.0. The van der Waals surface area contributed by atoms with Gasteiger partial charge in [-0.25, -0.2) is 4.79 Å². The number of rotatable bonds is 1. The lowest BCUT2D eigenvalue weighted by atomic mass is 9.98. The van der Waals surface area contributed by atoms with Crippen LogP contribution >= 0.6 is 8.25 Å². The molecule has 0 heterocycles. The summed E-state index contributed by atoms with van der Waals surface area (Å²) >= 11 is 0. The largest absolute Gasteiger partial charge is 0.750 e. The van der Waals surface area contributed by atoms with E-state index in [1.54, 1.807) is 20.8 Å². The fourth-order valence-corrected chi connectivity index (χ4v) is 0.624. The first-order chi connectivity index (χ1) is 4.34. The zero-order valence-electron chi connectivity index (χ0n) is 6.12. The van der Waals surface area contributed by atoms with Crippen molar-refractivity contribution in [2.24, 2.45) is 5.41 Å². The van der Waals surface area contributed by atoms with Crippen LogP contribution in [0.4, 0.5) is 0 Å². The van der Waals surface area contributed by atoms with Gasteiger partial charge in [0.1, 0.15) is 0 Å². The van der Waals surface area contributed by atoms with Crippen LogP contribution in [0, 0.1) is 5.41 Å². The van der Waals surface area contributed by atoms with Crippen LogP contribution in [-0.2, 0) is 13.9 Å². The fourth-order valence-electron chi connectivity index (χ4n) is 0.208. The number of hydrogen-bond acceptors (Lipinski definition) is 3. The standard InChI is InChI=1S/C5H9O4P/c1-5(2,3)4(6)9-10(7)8/h1-3H3/p+1. The third-order valence-electron chi connectivity index (χ3n) is 0.773. The van der Waals surface area contributed by atoms with Crippen LogP contribution in [-0.4, -0.2) is 10.9 Å². The molecule has 0 aromatic heterocycles. The molecule has 4 nitrogen and oxygen atoms in total. The van der Waals surface area contributed by atoms with E-state index in [1.165, 1.54) is 0 Å². The first-order valence-corrected chi connectivity index (χ1v) is 3.85. The summed E-state index contributed by atoms with van der Waals surface area (Å²) in [5, 5.41) is 0. The van der Waals surface area contributed by atoms with Crippen LogP contribution in [0.3, 0.4) is 0 Å². The minimum absolute atomic E-state index is 0.670. The van der Waals surface area contributed by atoms with Crippen LogP contribution < -0.4 is 0 Å². The van der Waals surface area contributed by atoms with Gasteiger partial charge in [-0.2, -0.15) is 4.52 Å². The number of carbonyl (C=O) groups is 1. The van der Waals surface area contributed by atoms with Gasteiger partial charge in [0.15, 0.2) is 0 Å². The maximum Gasteiger partial charge on any atom is 0.750 e. The predicted molar refractivity (Wildman–Crippen MR) is 35.4 cm³/mol. The van der Waals surface area contributed by atoms with E-state index in [2.05, 4.69) is 4.52 Å². The monoisotopic (exact) mass is 165 g/mol. The van der Waals surface area contributed by atoms with Crippen molar-refractivity contribution in [2.75, 3.05) is 0 Å². The van der Waals surface area contributed by atoms with Crippen molar-refractivity contribution in [3.63, 3.8) is 0 Å². The van der Waals surface area contributed by atoms with Crippen molar-refractivity contribution in [3.05, 3.63) is 0 Å². The van der Waals surface area contributed by atoms with Crippen LogP contribution in [0.25, 0.3) is 0 Å². The smallest absolute Gasteiger partial charge is 0.246 e. The van der Waals surface area contributed by atoms with Crippen molar-refractivity contribution in [1.29, 1.82) is 0 Å². The molecule has 0 aromatic carbocycles. The molecule has 0 spiro atoms. The maximum atomic E-state index is 10.7. The van der Waals surface area contributed by atoms with Gasteiger partial charge in [-0.15, -0.1) is 4.89 Å². The molecule has 58 valence electrons. The Labute approximate surface area is 60.1 Å². The molecule has 0 rings (SSSR count). The quantitative estimate of drug-likeness (QED) is 0.593. The highest BCUT2D eigenvalue weighted by Gasteiger charge is 2.31. The Morgan fingerprint density at radius 1 is 1.50 bits per heavy atom. The predicted octanol–water partition coefficient (Wildman–Crippen LogP) is 1.23. The van der Waals surface area contributed by atoms with Gasteiger partial charge < -0.3 is 0 Å². The van der Waals surface area contributed by atoms with Gasteiger partial charge in [0.2, 0.25) is 0 Å². The topological polar surface area (TPSA) is 63.6 Å². The molecular weight excluding hydrogens is 155 g/mol. The lowest BCUT2D eigenvalue weighted by molar-refractivity contribution is -0.142. The Bertz CT molecular complexity index is 158. The van der Waals surface area contributed by atoms with E-state index in [4.69, 9.17) is 4.89 Å². The summed E-state index contributed by atoms with van der Waals surface area (Å²) in [5.41, 5.74) is -0.715. The second-order valence-corrected chi connectivity index (χ2v) is 3.52. The zero-order chi connectivity index (χ0) is 8.36. The number of carbonyl (C=O) groups excluding carboxylic acids is 1.